The Bertz CT molecular complexity index is 887. The number of carbonyl (C=O) groups is 1. The minimum atomic E-state index is -0.254. The van der Waals surface area contributed by atoms with Gasteiger partial charge in [0, 0.05) is 35.6 Å². The highest BCUT2D eigenvalue weighted by atomic mass is 32.1. The fraction of sp³-hybridized carbons (Fsp3) is 0.333. The van der Waals surface area contributed by atoms with E-state index >= 15 is 0 Å². The zero-order valence-corrected chi connectivity index (χ0v) is 14.2. The molecule has 0 radical (unpaired) electrons. The van der Waals surface area contributed by atoms with E-state index in [0.717, 1.165) is 29.6 Å². The molecule has 6 heteroatoms. The number of amides is 1. The molecule has 1 fully saturated rings. The van der Waals surface area contributed by atoms with Crippen LogP contribution in [0.5, 0.6) is 0 Å². The Kier molecular flexibility index (Phi) is 3.84. The first-order valence-corrected chi connectivity index (χ1v) is 8.91. The van der Waals surface area contributed by atoms with Crippen LogP contribution in [0, 0.1) is 12.7 Å². The van der Waals surface area contributed by atoms with E-state index in [9.17, 15) is 9.18 Å². The molecule has 2 aromatic heterocycles. The molecule has 124 valence electrons. The summed E-state index contributed by atoms with van der Waals surface area (Å²) in [5.74, 6) is -0.242. The highest BCUT2D eigenvalue weighted by Gasteiger charge is 2.28. The van der Waals surface area contributed by atoms with Crippen LogP contribution in [0.3, 0.4) is 0 Å². The van der Waals surface area contributed by atoms with Crippen LogP contribution in [0.4, 0.5) is 4.39 Å². The maximum atomic E-state index is 14.1. The second kappa shape index (κ2) is 6.02. The lowest BCUT2D eigenvalue weighted by Gasteiger charge is -2.33. The number of aromatic nitrogens is 2. The van der Waals surface area contributed by atoms with Gasteiger partial charge in [-0.3, -0.25) is 4.79 Å². The third-order valence-electron chi connectivity index (χ3n) is 4.73. The maximum Gasteiger partial charge on any atom is 0.264 e. The number of imidazole rings is 1. The molecule has 0 spiro atoms. The largest absolute Gasteiger partial charge is 0.336 e. The van der Waals surface area contributed by atoms with Crippen molar-refractivity contribution >= 4 is 27.3 Å². The Morgan fingerprint density at radius 1 is 1.42 bits per heavy atom. The summed E-state index contributed by atoms with van der Waals surface area (Å²) >= 11 is 1.39. The standard InChI is InChI=1S/C18H18FN3OS/c1-12-16-14(19)5-2-6-15(16)24-17(12)18(23)21-8-3-4-13(10-21)22-9-7-20-11-22/h2,5-7,9,11,13H,3-4,8,10H2,1H3/t13-/m0/s1. The van der Waals surface area contributed by atoms with Crippen LogP contribution in [0.25, 0.3) is 10.1 Å². The lowest BCUT2D eigenvalue weighted by Crippen LogP contribution is -2.40. The Labute approximate surface area is 143 Å². The molecule has 1 aromatic carbocycles. The summed E-state index contributed by atoms with van der Waals surface area (Å²) in [5.41, 5.74) is 0.753. The lowest BCUT2D eigenvalue weighted by molar-refractivity contribution is 0.0684. The van der Waals surface area contributed by atoms with E-state index in [1.165, 1.54) is 17.4 Å². The van der Waals surface area contributed by atoms with Gasteiger partial charge in [0.2, 0.25) is 0 Å². The molecule has 4 rings (SSSR count). The van der Waals surface area contributed by atoms with Crippen molar-refractivity contribution in [1.82, 2.24) is 14.5 Å². The highest BCUT2D eigenvalue weighted by molar-refractivity contribution is 7.21. The minimum Gasteiger partial charge on any atom is -0.336 e. The predicted octanol–water partition coefficient (Wildman–Crippen LogP) is 4.02. The summed E-state index contributed by atoms with van der Waals surface area (Å²) < 4.78 is 17.0. The van der Waals surface area contributed by atoms with Crippen LogP contribution in [-0.4, -0.2) is 33.4 Å². The summed E-state index contributed by atoms with van der Waals surface area (Å²) in [7, 11) is 0. The van der Waals surface area contributed by atoms with Crippen LogP contribution in [-0.2, 0) is 0 Å². The van der Waals surface area contributed by atoms with E-state index in [1.807, 2.05) is 24.1 Å². The van der Waals surface area contributed by atoms with Gasteiger partial charge in [-0.1, -0.05) is 6.07 Å². The Morgan fingerprint density at radius 2 is 2.29 bits per heavy atom. The van der Waals surface area contributed by atoms with Crippen molar-refractivity contribution < 1.29 is 9.18 Å². The van der Waals surface area contributed by atoms with Crippen molar-refractivity contribution in [3.8, 4) is 0 Å². The smallest absolute Gasteiger partial charge is 0.264 e. The van der Waals surface area contributed by atoms with Gasteiger partial charge in [0.1, 0.15) is 5.82 Å². The van der Waals surface area contributed by atoms with Crippen molar-refractivity contribution in [2.24, 2.45) is 0 Å². The molecule has 4 nitrogen and oxygen atoms in total. The average Bonchev–Trinajstić information content (AvgIpc) is 3.23. The number of likely N-dealkylation sites (tertiary alicyclic amines) is 1. The van der Waals surface area contributed by atoms with Gasteiger partial charge in [0.05, 0.1) is 17.2 Å². The molecule has 1 amide bonds. The number of piperidine rings is 1. The molecular formula is C18H18FN3OS. The van der Waals surface area contributed by atoms with Crippen LogP contribution >= 0.6 is 11.3 Å². The number of carbonyl (C=O) groups excluding carboxylic acids is 1. The van der Waals surface area contributed by atoms with Gasteiger partial charge in [-0.05, 0) is 37.5 Å². The summed E-state index contributed by atoms with van der Waals surface area (Å²) in [6, 6.07) is 5.28. The third kappa shape index (κ3) is 2.51. The summed E-state index contributed by atoms with van der Waals surface area (Å²) in [6.45, 7) is 3.26. The second-order valence-electron chi connectivity index (χ2n) is 6.23. The fourth-order valence-electron chi connectivity index (χ4n) is 3.47. The van der Waals surface area contributed by atoms with Gasteiger partial charge in [0.15, 0.2) is 0 Å². The number of nitrogens with zero attached hydrogens (tertiary/aromatic N) is 3. The molecule has 24 heavy (non-hydrogen) atoms. The molecule has 0 bridgehead atoms. The van der Waals surface area contributed by atoms with Crippen LogP contribution in [0.1, 0.15) is 34.1 Å². The number of aryl methyl sites for hydroxylation is 1. The Balaban J connectivity index is 1.64. The average molecular weight is 343 g/mol. The quantitative estimate of drug-likeness (QED) is 0.705. The Morgan fingerprint density at radius 3 is 3.04 bits per heavy atom. The number of hydrogen-bond acceptors (Lipinski definition) is 3. The molecule has 1 aliphatic heterocycles. The molecule has 1 atom stereocenters. The van der Waals surface area contributed by atoms with Crippen molar-refractivity contribution in [2.45, 2.75) is 25.8 Å². The summed E-state index contributed by atoms with van der Waals surface area (Å²) in [5, 5.41) is 0.578. The number of fused-ring (bicyclic) bond motifs is 1. The van der Waals surface area contributed by atoms with E-state index < -0.39 is 0 Å². The van der Waals surface area contributed by atoms with Crippen LogP contribution in [0.15, 0.2) is 36.9 Å². The second-order valence-corrected chi connectivity index (χ2v) is 7.28. The number of thiophene rings is 1. The van der Waals surface area contributed by atoms with Crippen molar-refractivity contribution in [3.63, 3.8) is 0 Å². The number of benzene rings is 1. The number of hydrogen-bond donors (Lipinski definition) is 0. The van der Waals surface area contributed by atoms with Gasteiger partial charge >= 0.3 is 0 Å². The first-order chi connectivity index (χ1) is 11.6. The summed E-state index contributed by atoms with van der Waals surface area (Å²) in [4.78, 5) is 19.7. The van der Waals surface area contributed by atoms with E-state index in [1.54, 1.807) is 18.6 Å². The van der Waals surface area contributed by atoms with E-state index in [4.69, 9.17) is 0 Å². The number of rotatable bonds is 2. The van der Waals surface area contributed by atoms with Crippen molar-refractivity contribution in [3.05, 3.63) is 53.2 Å². The predicted molar refractivity (Wildman–Crippen MR) is 92.9 cm³/mol. The summed E-state index contributed by atoms with van der Waals surface area (Å²) in [6.07, 6.45) is 7.52. The van der Waals surface area contributed by atoms with Gasteiger partial charge in [0.25, 0.3) is 5.91 Å². The molecule has 0 unspecified atom stereocenters. The monoisotopic (exact) mass is 343 g/mol. The maximum absolute atomic E-state index is 14.1. The van der Waals surface area contributed by atoms with E-state index in [0.29, 0.717) is 16.8 Å². The molecule has 1 saturated heterocycles. The molecule has 0 aliphatic carbocycles. The minimum absolute atomic E-state index is 0.0120. The van der Waals surface area contributed by atoms with Crippen LogP contribution in [0.2, 0.25) is 0 Å². The molecular weight excluding hydrogens is 325 g/mol. The SMILES string of the molecule is Cc1c(C(=O)N2CCC[C@H](n3ccnc3)C2)sc2cccc(F)c12. The van der Waals surface area contributed by atoms with Gasteiger partial charge in [-0.25, -0.2) is 9.37 Å². The van der Waals surface area contributed by atoms with E-state index in [-0.39, 0.29) is 17.8 Å². The first-order valence-electron chi connectivity index (χ1n) is 8.09. The molecule has 1 aliphatic rings. The van der Waals surface area contributed by atoms with Crippen molar-refractivity contribution in [2.75, 3.05) is 13.1 Å². The highest BCUT2D eigenvalue weighted by Crippen LogP contribution is 2.34. The zero-order chi connectivity index (χ0) is 16.7. The van der Waals surface area contributed by atoms with Crippen molar-refractivity contribution in [1.29, 1.82) is 0 Å². The lowest BCUT2D eigenvalue weighted by atomic mass is 10.0. The normalized spacial score (nSPS) is 18.2. The number of halogens is 1. The fourth-order valence-corrected chi connectivity index (χ4v) is 4.66. The van der Waals surface area contributed by atoms with Gasteiger partial charge in [-0.2, -0.15) is 0 Å². The molecule has 0 N–H and O–H groups in total. The molecule has 3 aromatic rings. The topological polar surface area (TPSA) is 38.1 Å². The van der Waals surface area contributed by atoms with E-state index in [2.05, 4.69) is 9.55 Å². The zero-order valence-electron chi connectivity index (χ0n) is 13.4. The molecule has 0 saturated carbocycles. The third-order valence-corrected chi connectivity index (χ3v) is 5.97. The van der Waals surface area contributed by atoms with Gasteiger partial charge in [-0.15, -0.1) is 11.3 Å². The Hall–Kier alpha value is -2.21. The first kappa shape index (κ1) is 15.3. The van der Waals surface area contributed by atoms with Gasteiger partial charge < -0.3 is 9.47 Å². The van der Waals surface area contributed by atoms with Crippen LogP contribution < -0.4 is 0 Å². The molecule has 3 heterocycles.